The summed E-state index contributed by atoms with van der Waals surface area (Å²) >= 11 is 10.6. The standard InChI is InChI=1S/C44H42F6N6O9S2/c1-63-37(61)41-29-21-15-23(27-25(21)33(57)55(35(27)59)13-11-51-39(66)53-19-7-3-17(4-8-19)43(45,46)47)31(29)42(65-41,38(62)64-2)32-24-16-22(30(32)41)26-28(24)36(60)56(34(26)58)14-12-52-40(67)54-20-9-5-18(6-10-20)44(48,49)50/h3-10,21-32H,11-16H2,1-2H3,(H2,51,53,66)(H2,52,54,67)/t21-,22+,23+,24-,25-,26+,27+,28-,29-,30+,31+,32-,41?,42?. The van der Waals surface area contributed by atoms with Gasteiger partial charge in [-0.15, -0.1) is 0 Å². The van der Waals surface area contributed by atoms with E-state index in [1.54, 1.807) is 0 Å². The van der Waals surface area contributed by atoms with Gasteiger partial charge in [-0.25, -0.2) is 9.59 Å². The Morgan fingerprint density at radius 1 is 0.597 bits per heavy atom. The maximum Gasteiger partial charge on any atom is 0.416 e. The second kappa shape index (κ2) is 15.6. The Morgan fingerprint density at radius 2 is 0.896 bits per heavy atom. The van der Waals surface area contributed by atoms with Crippen LogP contribution in [0.1, 0.15) is 24.0 Å². The first-order valence-corrected chi connectivity index (χ1v) is 22.5. The molecule has 8 fully saturated rings. The van der Waals surface area contributed by atoms with Gasteiger partial charge in [-0.2, -0.15) is 26.3 Å². The molecule has 4 saturated carbocycles. The highest BCUT2D eigenvalue weighted by Crippen LogP contribution is 2.83. The number of thiocarbonyl (C=S) groups is 2. The van der Waals surface area contributed by atoms with E-state index in [9.17, 15) is 55.1 Å². The zero-order valence-corrected chi connectivity index (χ0v) is 37.1. The summed E-state index contributed by atoms with van der Waals surface area (Å²) in [5.74, 6) is -12.3. The van der Waals surface area contributed by atoms with Gasteiger partial charge in [0, 0.05) is 61.2 Å². The van der Waals surface area contributed by atoms with Gasteiger partial charge in [0.1, 0.15) is 0 Å². The lowest BCUT2D eigenvalue weighted by Gasteiger charge is -2.51. The number of anilines is 2. The van der Waals surface area contributed by atoms with Crippen LogP contribution in [0.25, 0.3) is 0 Å². The van der Waals surface area contributed by atoms with Crippen LogP contribution in [0.2, 0.25) is 0 Å². The van der Waals surface area contributed by atoms with Gasteiger partial charge in [0.15, 0.2) is 21.4 Å². The molecule has 0 spiro atoms. The van der Waals surface area contributed by atoms with Gasteiger partial charge in [0.05, 0.1) is 49.0 Å². The number of hydrogen-bond donors (Lipinski definition) is 4. The van der Waals surface area contributed by atoms with E-state index < -0.39 is 141 Å². The van der Waals surface area contributed by atoms with Crippen LogP contribution >= 0.6 is 24.4 Å². The molecule has 8 aliphatic rings. The van der Waals surface area contributed by atoms with Crippen LogP contribution in [0.5, 0.6) is 0 Å². The lowest BCUT2D eigenvalue weighted by Crippen LogP contribution is -2.64. The molecule has 6 bridgehead atoms. The molecule has 4 amide bonds. The number of carbonyl (C=O) groups is 6. The number of methoxy groups -OCH3 is 2. The Morgan fingerprint density at radius 3 is 1.16 bits per heavy atom. The SMILES string of the molecule is COC(=O)C12OC(C(=O)OC)([C@@H]3[C@@H]4C[C@@H]([C@@H]5C(=O)N(CCNC(=S)Nc6ccc(C(F)(F)F)cc6)C(=O)[C@H]45)[C@@H]31)[C@H]1[C@H]3C[C@H]([C@H]4C(=O)N(CCNC(=S)Nc5ccc(C(F)(F)F)cc5)C(=O)[C@@H]34)[C@H]12. The van der Waals surface area contributed by atoms with Crippen molar-refractivity contribution >= 4 is 81.6 Å². The Labute approximate surface area is 388 Å². The zero-order valence-electron chi connectivity index (χ0n) is 35.4. The number of halogens is 6. The molecule has 0 radical (unpaired) electrons. The van der Waals surface area contributed by atoms with Crippen LogP contribution < -0.4 is 21.3 Å². The minimum atomic E-state index is -4.51. The number of fused-ring (bicyclic) bond motifs is 22. The van der Waals surface area contributed by atoms with Crippen molar-refractivity contribution < 1.29 is 69.3 Å². The van der Waals surface area contributed by atoms with Gasteiger partial charge in [-0.3, -0.25) is 29.0 Å². The molecule has 2 unspecified atom stereocenters. The molecule has 2 aromatic carbocycles. The molecular formula is C44H42F6N6O9S2. The van der Waals surface area contributed by atoms with Gasteiger partial charge in [-0.05, 0) is 109 Å². The van der Waals surface area contributed by atoms with Crippen molar-refractivity contribution in [3.05, 3.63) is 59.7 Å². The first-order chi connectivity index (χ1) is 31.7. The number of nitrogens with one attached hydrogen (secondary N) is 4. The second-order valence-corrected chi connectivity index (χ2v) is 19.4. The molecule has 14 atom stereocenters. The number of nitrogens with zero attached hydrogens (tertiary/aromatic N) is 2. The molecule has 4 saturated heterocycles. The molecular weight excluding hydrogens is 935 g/mol. The average Bonchev–Trinajstić information content (AvgIpc) is 4.16. The quantitative estimate of drug-likeness (QED) is 0.117. The molecule has 4 heterocycles. The number of esters is 2. The van der Waals surface area contributed by atoms with Crippen molar-refractivity contribution in [3.8, 4) is 0 Å². The molecule has 0 aromatic heterocycles. The van der Waals surface area contributed by atoms with E-state index in [1.165, 1.54) is 38.5 Å². The summed E-state index contributed by atoms with van der Waals surface area (Å²) in [5, 5.41) is 11.4. The van der Waals surface area contributed by atoms with Crippen LogP contribution in [-0.4, -0.2) is 107 Å². The molecule has 2 aromatic rings. The van der Waals surface area contributed by atoms with E-state index in [4.69, 9.17) is 38.6 Å². The lowest BCUT2D eigenvalue weighted by atomic mass is 9.47. The van der Waals surface area contributed by atoms with Crippen molar-refractivity contribution in [2.24, 2.45) is 71.0 Å². The first-order valence-electron chi connectivity index (χ1n) is 21.7. The Hall–Kier alpha value is -5.42. The van der Waals surface area contributed by atoms with Crippen molar-refractivity contribution in [1.82, 2.24) is 20.4 Å². The third-order valence-corrected chi connectivity index (χ3v) is 16.5. The van der Waals surface area contributed by atoms with Gasteiger partial charge in [-0.1, -0.05) is 0 Å². The molecule has 67 heavy (non-hydrogen) atoms. The summed E-state index contributed by atoms with van der Waals surface area (Å²) < 4.78 is 96.0. The topological polar surface area (TPSA) is 185 Å². The van der Waals surface area contributed by atoms with Crippen molar-refractivity contribution in [2.45, 2.75) is 36.4 Å². The fraction of sp³-hybridized carbons (Fsp3) is 0.545. The zero-order chi connectivity index (χ0) is 47.9. The highest BCUT2D eigenvalue weighted by atomic mass is 32.1. The lowest BCUT2D eigenvalue weighted by molar-refractivity contribution is -0.188. The molecule has 356 valence electrons. The molecule has 23 heteroatoms. The van der Waals surface area contributed by atoms with E-state index in [0.717, 1.165) is 34.1 Å². The number of rotatable bonds is 10. The van der Waals surface area contributed by atoms with Crippen LogP contribution in [0.15, 0.2) is 48.5 Å². The van der Waals surface area contributed by atoms with Crippen molar-refractivity contribution in [1.29, 1.82) is 0 Å². The monoisotopic (exact) mass is 976 g/mol. The van der Waals surface area contributed by atoms with Crippen LogP contribution in [-0.2, 0) is 55.3 Å². The Kier molecular flexibility index (Phi) is 10.5. The Bertz CT molecular complexity index is 2270. The predicted molar refractivity (Wildman–Crippen MR) is 226 cm³/mol. The summed E-state index contributed by atoms with van der Waals surface area (Å²) in [6.45, 7) is -0.202. The minimum absolute atomic E-state index is 0.00457. The third-order valence-electron chi connectivity index (χ3n) is 16.0. The van der Waals surface area contributed by atoms with Crippen LogP contribution in [0.4, 0.5) is 37.7 Å². The number of likely N-dealkylation sites (tertiary alicyclic amines) is 2. The number of imide groups is 2. The maximum absolute atomic E-state index is 14.5. The summed E-state index contributed by atoms with van der Waals surface area (Å²) in [6, 6.07) is 8.44. The number of alkyl halides is 6. The number of benzene rings is 2. The van der Waals surface area contributed by atoms with Crippen molar-refractivity contribution in [3.63, 3.8) is 0 Å². The molecule has 4 aliphatic heterocycles. The van der Waals surface area contributed by atoms with Crippen molar-refractivity contribution in [2.75, 3.05) is 51.0 Å². The number of amides is 4. The number of carbonyl (C=O) groups excluding carboxylic acids is 6. The highest BCUT2D eigenvalue weighted by Gasteiger charge is 2.93. The normalized spacial score (nSPS) is 35.9. The summed E-state index contributed by atoms with van der Waals surface area (Å²) in [7, 11) is 2.39. The largest absolute Gasteiger partial charge is 0.467 e. The number of hydrogen-bond acceptors (Lipinski definition) is 11. The summed E-state index contributed by atoms with van der Waals surface area (Å²) in [5.41, 5.74) is -4.72. The smallest absolute Gasteiger partial charge is 0.416 e. The fourth-order valence-electron chi connectivity index (χ4n) is 14.2. The van der Waals surface area contributed by atoms with E-state index in [2.05, 4.69) is 21.3 Å². The van der Waals surface area contributed by atoms with Crippen LogP contribution in [0.3, 0.4) is 0 Å². The fourth-order valence-corrected chi connectivity index (χ4v) is 14.7. The molecule has 4 aliphatic carbocycles. The summed E-state index contributed by atoms with van der Waals surface area (Å²) in [6.07, 6.45) is -8.35. The number of ether oxygens (including phenoxy) is 3. The third kappa shape index (κ3) is 6.38. The minimum Gasteiger partial charge on any atom is -0.467 e. The first kappa shape index (κ1) is 45.4. The van der Waals surface area contributed by atoms with Gasteiger partial charge in [0.25, 0.3) is 0 Å². The van der Waals surface area contributed by atoms with Gasteiger partial charge in [0.2, 0.25) is 23.6 Å². The Balaban J connectivity index is 0.858. The van der Waals surface area contributed by atoms with Crippen LogP contribution in [0, 0.1) is 71.0 Å². The van der Waals surface area contributed by atoms with E-state index in [1.807, 2.05) is 0 Å². The van der Waals surface area contributed by atoms with E-state index in [0.29, 0.717) is 12.8 Å². The van der Waals surface area contributed by atoms with E-state index >= 15 is 0 Å². The van der Waals surface area contributed by atoms with Gasteiger partial charge >= 0.3 is 24.3 Å². The highest BCUT2D eigenvalue weighted by molar-refractivity contribution is 7.80. The summed E-state index contributed by atoms with van der Waals surface area (Å²) in [4.78, 5) is 88.5. The van der Waals surface area contributed by atoms with Gasteiger partial charge < -0.3 is 35.5 Å². The predicted octanol–water partition coefficient (Wildman–Crippen LogP) is 3.83. The average molecular weight is 977 g/mol. The second-order valence-electron chi connectivity index (χ2n) is 18.6. The maximum atomic E-state index is 14.5. The molecule has 4 N–H and O–H groups in total. The molecule has 15 nitrogen and oxygen atoms in total. The van der Waals surface area contributed by atoms with E-state index in [-0.39, 0.29) is 47.8 Å². The molecule has 10 rings (SSSR count).